The number of rotatable bonds is 2. The first-order valence-electron chi connectivity index (χ1n) is 8.91. The number of carbonyl (C=O) groups is 3. The van der Waals surface area contributed by atoms with E-state index in [0.717, 1.165) is 29.8 Å². The van der Waals surface area contributed by atoms with E-state index in [1.165, 1.54) is 0 Å². The number of carbonyl (C=O) groups excluding carboxylic acids is 2. The van der Waals surface area contributed by atoms with Crippen LogP contribution in [0, 0.1) is 6.92 Å². The van der Waals surface area contributed by atoms with Crippen molar-refractivity contribution in [3.05, 3.63) is 23.8 Å². The van der Waals surface area contributed by atoms with Gasteiger partial charge in [-0.1, -0.05) is 0 Å². The van der Waals surface area contributed by atoms with Crippen LogP contribution in [0.4, 0.5) is 29.3 Å². The molecule has 0 aliphatic carbocycles. The Hall–Kier alpha value is -2.82. The van der Waals surface area contributed by atoms with Gasteiger partial charge in [-0.3, -0.25) is 9.69 Å². The number of alkyl halides is 3. The molecule has 2 amide bonds. The van der Waals surface area contributed by atoms with Crippen LogP contribution in [-0.4, -0.2) is 55.0 Å². The number of aliphatic carboxylic acids is 1. The number of amides is 2. The summed E-state index contributed by atoms with van der Waals surface area (Å²) in [4.78, 5) is 36.2. The molecule has 160 valence electrons. The molecule has 1 aromatic carbocycles. The van der Waals surface area contributed by atoms with E-state index < -0.39 is 12.1 Å². The number of benzene rings is 1. The molecule has 1 unspecified atom stereocenters. The van der Waals surface area contributed by atoms with Crippen LogP contribution < -0.4 is 15.5 Å². The molecule has 2 aliphatic heterocycles. The second kappa shape index (κ2) is 9.12. The van der Waals surface area contributed by atoms with Crippen LogP contribution >= 0.6 is 0 Å². The van der Waals surface area contributed by atoms with Gasteiger partial charge >= 0.3 is 18.2 Å². The van der Waals surface area contributed by atoms with E-state index in [0.29, 0.717) is 26.1 Å². The third-order valence-corrected chi connectivity index (χ3v) is 4.40. The maximum atomic E-state index is 12.0. The summed E-state index contributed by atoms with van der Waals surface area (Å²) in [6.07, 6.45) is -3.18. The van der Waals surface area contributed by atoms with Crippen LogP contribution in [0.5, 0.6) is 0 Å². The van der Waals surface area contributed by atoms with Gasteiger partial charge in [0, 0.05) is 31.2 Å². The second-order valence-corrected chi connectivity index (χ2v) is 6.72. The van der Waals surface area contributed by atoms with Crippen molar-refractivity contribution in [1.82, 2.24) is 0 Å². The summed E-state index contributed by atoms with van der Waals surface area (Å²) in [6.45, 7) is 3.63. The Morgan fingerprint density at radius 2 is 1.90 bits per heavy atom. The van der Waals surface area contributed by atoms with Gasteiger partial charge in [0.25, 0.3) is 0 Å². The fraction of sp³-hybridized carbons (Fsp3) is 0.500. The summed E-state index contributed by atoms with van der Waals surface area (Å²) in [5.74, 6) is -2.71. The van der Waals surface area contributed by atoms with Crippen molar-refractivity contribution in [2.75, 3.05) is 29.5 Å². The Balaban J connectivity index is 0.000000370. The zero-order chi connectivity index (χ0) is 21.8. The van der Waals surface area contributed by atoms with E-state index in [4.69, 9.17) is 20.4 Å². The lowest BCUT2D eigenvalue weighted by molar-refractivity contribution is -0.192. The van der Waals surface area contributed by atoms with Crippen molar-refractivity contribution < 1.29 is 37.4 Å². The molecule has 0 bridgehead atoms. The molecule has 2 aliphatic rings. The highest BCUT2D eigenvalue weighted by atomic mass is 19.4. The topological polar surface area (TPSA) is 113 Å². The lowest BCUT2D eigenvalue weighted by Gasteiger charge is -2.23. The Labute approximate surface area is 165 Å². The molecule has 3 rings (SSSR count). The monoisotopic (exact) mass is 417 g/mol. The quantitative estimate of drug-likeness (QED) is 0.764. The molecule has 11 heteroatoms. The van der Waals surface area contributed by atoms with Crippen molar-refractivity contribution in [2.24, 2.45) is 5.73 Å². The van der Waals surface area contributed by atoms with Crippen molar-refractivity contribution in [3.8, 4) is 0 Å². The molecule has 8 nitrogen and oxygen atoms in total. The van der Waals surface area contributed by atoms with Crippen LogP contribution in [-0.2, 0) is 14.3 Å². The summed E-state index contributed by atoms with van der Waals surface area (Å²) in [5.41, 5.74) is 8.47. The summed E-state index contributed by atoms with van der Waals surface area (Å²) in [7, 11) is 0. The number of carboxylic acids is 1. The number of hydrogen-bond donors (Lipinski definition) is 2. The van der Waals surface area contributed by atoms with Crippen molar-refractivity contribution in [3.63, 3.8) is 0 Å². The lowest BCUT2D eigenvalue weighted by Crippen LogP contribution is -2.31. The summed E-state index contributed by atoms with van der Waals surface area (Å²) in [6, 6.07) is 5.59. The number of halogens is 3. The number of ether oxygens (including phenoxy) is 1. The standard InChI is InChI=1S/C16H21N3O3.C2HF3O2/c1-11-8-13(19-10-12(17)9-15(19)20)4-5-14(11)18-6-2-3-7-22-16(18)21;3-2(4,5)1(6)7/h4-5,8,12H,2-3,6-7,9-10,17H2,1H3;(H,6,7). The maximum absolute atomic E-state index is 12.0. The van der Waals surface area contributed by atoms with Gasteiger partial charge in [0.2, 0.25) is 5.91 Å². The number of cyclic esters (lactones) is 1. The molecule has 1 aromatic rings. The fourth-order valence-electron chi connectivity index (χ4n) is 3.01. The van der Waals surface area contributed by atoms with E-state index in [-0.39, 0.29) is 18.0 Å². The molecule has 2 saturated heterocycles. The molecule has 29 heavy (non-hydrogen) atoms. The highest BCUT2D eigenvalue weighted by Gasteiger charge is 2.38. The Morgan fingerprint density at radius 1 is 1.24 bits per heavy atom. The molecular weight excluding hydrogens is 395 g/mol. The molecule has 0 aromatic heterocycles. The highest BCUT2D eigenvalue weighted by Crippen LogP contribution is 2.29. The van der Waals surface area contributed by atoms with Crippen LogP contribution in [0.25, 0.3) is 0 Å². The average molecular weight is 417 g/mol. The highest BCUT2D eigenvalue weighted by molar-refractivity contribution is 5.97. The predicted octanol–water partition coefficient (Wildman–Crippen LogP) is 2.43. The van der Waals surface area contributed by atoms with Gasteiger partial charge in [0.15, 0.2) is 0 Å². The van der Waals surface area contributed by atoms with E-state index >= 15 is 0 Å². The second-order valence-electron chi connectivity index (χ2n) is 6.72. The summed E-state index contributed by atoms with van der Waals surface area (Å²) < 4.78 is 36.9. The van der Waals surface area contributed by atoms with Gasteiger partial charge in [-0.05, 0) is 43.5 Å². The van der Waals surface area contributed by atoms with Crippen molar-refractivity contribution in [2.45, 2.75) is 38.4 Å². The molecule has 2 heterocycles. The van der Waals surface area contributed by atoms with E-state index in [9.17, 15) is 22.8 Å². The van der Waals surface area contributed by atoms with E-state index in [2.05, 4.69) is 0 Å². The molecule has 3 N–H and O–H groups in total. The third-order valence-electron chi connectivity index (χ3n) is 4.40. The van der Waals surface area contributed by atoms with Crippen molar-refractivity contribution >= 4 is 29.3 Å². The van der Waals surface area contributed by atoms with Gasteiger partial charge in [0.1, 0.15) is 0 Å². The minimum absolute atomic E-state index is 0.0498. The molecule has 0 saturated carbocycles. The molecular formula is C18H22F3N3O5. The number of aryl methyl sites for hydroxylation is 1. The Bertz CT molecular complexity index is 784. The van der Waals surface area contributed by atoms with Crippen LogP contribution in [0.3, 0.4) is 0 Å². The predicted molar refractivity (Wildman–Crippen MR) is 97.7 cm³/mol. The number of nitrogens with two attached hydrogens (primary N) is 1. The normalized spacial score (nSPS) is 20.0. The lowest BCUT2D eigenvalue weighted by atomic mass is 10.1. The van der Waals surface area contributed by atoms with Crippen LogP contribution in [0.2, 0.25) is 0 Å². The SMILES string of the molecule is Cc1cc(N2CC(N)CC2=O)ccc1N1CCCCOC1=O.O=C(O)C(F)(F)F. The summed E-state index contributed by atoms with van der Waals surface area (Å²) >= 11 is 0. The van der Waals surface area contributed by atoms with Crippen LogP contribution in [0.15, 0.2) is 18.2 Å². The van der Waals surface area contributed by atoms with Crippen LogP contribution in [0.1, 0.15) is 24.8 Å². The Morgan fingerprint density at radius 3 is 2.41 bits per heavy atom. The molecule has 0 radical (unpaired) electrons. The minimum atomic E-state index is -5.08. The zero-order valence-electron chi connectivity index (χ0n) is 15.7. The molecule has 0 spiro atoms. The van der Waals surface area contributed by atoms with Gasteiger partial charge in [-0.25, -0.2) is 9.59 Å². The first-order valence-corrected chi connectivity index (χ1v) is 8.91. The number of nitrogens with zero attached hydrogens (tertiary/aromatic N) is 2. The Kier molecular flexibility index (Phi) is 7.07. The molecule has 2 fully saturated rings. The zero-order valence-corrected chi connectivity index (χ0v) is 15.7. The van der Waals surface area contributed by atoms with Gasteiger partial charge in [-0.2, -0.15) is 13.2 Å². The van der Waals surface area contributed by atoms with E-state index in [1.807, 2.05) is 25.1 Å². The first kappa shape index (κ1) is 22.5. The molecule has 1 atom stereocenters. The average Bonchev–Trinajstić information content (AvgIpc) is 2.82. The minimum Gasteiger partial charge on any atom is -0.475 e. The maximum Gasteiger partial charge on any atom is 0.490 e. The smallest absolute Gasteiger partial charge is 0.475 e. The third kappa shape index (κ3) is 5.83. The van der Waals surface area contributed by atoms with E-state index in [1.54, 1.807) is 9.80 Å². The number of carboxylic acid groups (broad SMARTS) is 1. The number of hydrogen-bond acceptors (Lipinski definition) is 5. The fourth-order valence-corrected chi connectivity index (χ4v) is 3.01. The van der Waals surface area contributed by atoms with Gasteiger partial charge in [-0.15, -0.1) is 0 Å². The van der Waals surface area contributed by atoms with Crippen molar-refractivity contribution in [1.29, 1.82) is 0 Å². The largest absolute Gasteiger partial charge is 0.490 e. The van der Waals surface area contributed by atoms with Gasteiger partial charge in [0.05, 0.1) is 12.3 Å². The summed E-state index contributed by atoms with van der Waals surface area (Å²) in [5, 5.41) is 7.12. The number of anilines is 2. The van der Waals surface area contributed by atoms with Gasteiger partial charge < -0.3 is 20.5 Å². The first-order chi connectivity index (χ1) is 13.5.